The number of ether oxygens (including phenoxy) is 5. The molecule has 15 atom stereocenters. The highest BCUT2D eigenvalue weighted by molar-refractivity contribution is 5.74. The van der Waals surface area contributed by atoms with Crippen LogP contribution >= 0.6 is 0 Å². The molecule has 5 N–H and O–H groups in total. The summed E-state index contributed by atoms with van der Waals surface area (Å²) in [7, 11) is 3.77. The van der Waals surface area contributed by atoms with E-state index in [-0.39, 0.29) is 43.1 Å². The monoisotopic (exact) mass is 706 g/mol. The highest BCUT2D eigenvalue weighted by Crippen LogP contribution is 2.45. The fourth-order valence-corrected chi connectivity index (χ4v) is 8.48. The van der Waals surface area contributed by atoms with Crippen LogP contribution in [0.4, 0.5) is 4.79 Å². The van der Waals surface area contributed by atoms with Crippen molar-refractivity contribution in [3.63, 3.8) is 0 Å². The van der Waals surface area contributed by atoms with E-state index in [0.29, 0.717) is 19.3 Å². The standard InChI is InChI=1S/C37H62N4O9/c1-11-27-37(8)31(38)22(4)29(50-37)20(2)19-36(7,45)32(49-34-28(42)26(41(9)10)18-21(3)46-34)23(5)30(24(6)33(43)47-27)48-35(44)40-17-15-25-14-12-13-16-39-25/h12-14,16,20-24,26-32,34,42,45H,11,15,17-19,38H2,1-10H3,(H,40,44)/t20-,21-,22+,23+,24-,26+,27-,28-,29+,30+,31+,32-,34?,36-,37?/m1/s1. The van der Waals surface area contributed by atoms with Gasteiger partial charge in [-0.15, -0.1) is 0 Å². The fraction of sp³-hybridized carbons (Fsp3) is 0.811. The van der Waals surface area contributed by atoms with Gasteiger partial charge in [0.15, 0.2) is 6.29 Å². The summed E-state index contributed by atoms with van der Waals surface area (Å²) < 4.78 is 31.8. The van der Waals surface area contributed by atoms with E-state index in [0.717, 1.165) is 5.69 Å². The predicted octanol–water partition coefficient (Wildman–Crippen LogP) is 3.04. The van der Waals surface area contributed by atoms with Gasteiger partial charge in [0, 0.05) is 48.8 Å². The minimum Gasteiger partial charge on any atom is -0.459 e. The van der Waals surface area contributed by atoms with E-state index in [4.69, 9.17) is 29.4 Å². The number of carbonyl (C=O) groups excluding carboxylic acids is 2. The number of nitrogens with zero attached hydrogens (tertiary/aromatic N) is 2. The second-order valence-corrected chi connectivity index (χ2v) is 15.7. The third kappa shape index (κ3) is 8.79. The first-order valence-electron chi connectivity index (χ1n) is 18.3. The van der Waals surface area contributed by atoms with E-state index in [1.54, 1.807) is 27.0 Å². The summed E-state index contributed by atoms with van der Waals surface area (Å²) in [6.45, 7) is 15.1. The predicted molar refractivity (Wildman–Crippen MR) is 187 cm³/mol. The molecule has 2 unspecified atom stereocenters. The van der Waals surface area contributed by atoms with Crippen LogP contribution in [-0.4, -0.2) is 119 Å². The molecule has 0 spiro atoms. The van der Waals surface area contributed by atoms with E-state index in [1.165, 1.54) is 0 Å². The maximum absolute atomic E-state index is 14.1. The number of esters is 1. The Morgan fingerprint density at radius 2 is 1.86 bits per heavy atom. The number of cyclic esters (lactones) is 1. The quantitative estimate of drug-likeness (QED) is 0.292. The van der Waals surface area contributed by atoms with Gasteiger partial charge in [-0.1, -0.05) is 33.8 Å². The number of hydrogen-bond donors (Lipinski definition) is 4. The van der Waals surface area contributed by atoms with Gasteiger partial charge in [-0.25, -0.2) is 4.79 Å². The number of hydrogen-bond acceptors (Lipinski definition) is 12. The third-order valence-corrected chi connectivity index (χ3v) is 11.4. The maximum atomic E-state index is 14.1. The van der Waals surface area contributed by atoms with Crippen LogP contribution in [0, 0.1) is 23.7 Å². The van der Waals surface area contributed by atoms with E-state index in [2.05, 4.69) is 10.3 Å². The highest BCUT2D eigenvalue weighted by Gasteiger charge is 2.57. The molecule has 4 heterocycles. The number of likely N-dealkylation sites (N-methyl/N-ethyl adjacent to an activating group) is 1. The highest BCUT2D eigenvalue weighted by atomic mass is 16.7. The van der Waals surface area contributed by atoms with Gasteiger partial charge >= 0.3 is 12.1 Å². The number of aliphatic hydroxyl groups excluding tert-OH is 1. The van der Waals surface area contributed by atoms with Gasteiger partial charge in [0.1, 0.15) is 23.9 Å². The Bertz CT molecular complexity index is 1270. The van der Waals surface area contributed by atoms with Crippen LogP contribution in [0.2, 0.25) is 0 Å². The van der Waals surface area contributed by atoms with Crippen LogP contribution in [0.1, 0.15) is 80.3 Å². The molecule has 13 heteroatoms. The third-order valence-electron chi connectivity index (χ3n) is 11.4. The zero-order valence-electron chi connectivity index (χ0n) is 31.6. The van der Waals surface area contributed by atoms with Crippen LogP contribution in [0.3, 0.4) is 0 Å². The van der Waals surface area contributed by atoms with Crippen molar-refractivity contribution in [3.8, 4) is 0 Å². The average Bonchev–Trinajstić information content (AvgIpc) is 3.30. The fourth-order valence-electron chi connectivity index (χ4n) is 8.48. The second-order valence-electron chi connectivity index (χ2n) is 15.7. The van der Waals surface area contributed by atoms with Crippen LogP contribution in [-0.2, 0) is 34.9 Å². The molecule has 1 aromatic rings. The summed E-state index contributed by atoms with van der Waals surface area (Å²) in [6.07, 6.45) is -2.89. The number of fused-ring (bicyclic) bond motifs is 2. The zero-order valence-corrected chi connectivity index (χ0v) is 31.6. The summed E-state index contributed by atoms with van der Waals surface area (Å²) >= 11 is 0. The normalized spacial score (nSPS) is 42.9. The Morgan fingerprint density at radius 1 is 1.16 bits per heavy atom. The molecule has 1 amide bonds. The van der Waals surface area contributed by atoms with Crippen molar-refractivity contribution in [2.75, 3.05) is 20.6 Å². The van der Waals surface area contributed by atoms with Crippen molar-refractivity contribution in [2.45, 2.75) is 147 Å². The number of nitrogens with two attached hydrogens (primary N) is 1. The van der Waals surface area contributed by atoms with Crippen molar-refractivity contribution in [3.05, 3.63) is 30.1 Å². The van der Waals surface area contributed by atoms with E-state index in [9.17, 15) is 19.8 Å². The molecular formula is C37H62N4O9. The first-order valence-corrected chi connectivity index (χ1v) is 18.3. The number of alkyl carbamates (subject to hydrolysis) is 1. The molecule has 0 radical (unpaired) electrons. The topological polar surface area (TPSA) is 175 Å². The van der Waals surface area contributed by atoms with Crippen molar-refractivity contribution in [2.24, 2.45) is 29.4 Å². The lowest BCUT2D eigenvalue weighted by atomic mass is 9.75. The smallest absolute Gasteiger partial charge is 0.407 e. The van der Waals surface area contributed by atoms with Gasteiger partial charge in [-0.3, -0.25) is 9.78 Å². The lowest BCUT2D eigenvalue weighted by molar-refractivity contribution is -0.299. The van der Waals surface area contributed by atoms with Gasteiger partial charge < -0.3 is 49.8 Å². The zero-order chi connectivity index (χ0) is 37.1. The van der Waals surface area contributed by atoms with E-state index < -0.39 is 71.8 Å². The van der Waals surface area contributed by atoms with Gasteiger partial charge in [0.2, 0.25) is 0 Å². The van der Waals surface area contributed by atoms with Crippen molar-refractivity contribution >= 4 is 12.1 Å². The molecule has 13 nitrogen and oxygen atoms in total. The summed E-state index contributed by atoms with van der Waals surface area (Å²) in [5.74, 6) is -2.67. The maximum Gasteiger partial charge on any atom is 0.407 e. The summed E-state index contributed by atoms with van der Waals surface area (Å²) in [5.41, 5.74) is 5.06. The molecule has 284 valence electrons. The summed E-state index contributed by atoms with van der Waals surface area (Å²) in [6, 6.07) is 4.85. The van der Waals surface area contributed by atoms with E-state index >= 15 is 0 Å². The molecule has 50 heavy (non-hydrogen) atoms. The first-order chi connectivity index (χ1) is 23.4. The molecule has 0 saturated carbocycles. The van der Waals surface area contributed by atoms with Crippen LogP contribution in [0.15, 0.2) is 24.4 Å². The molecule has 4 rings (SSSR count). The van der Waals surface area contributed by atoms with Gasteiger partial charge in [-0.05, 0) is 79.1 Å². The number of rotatable bonds is 8. The Labute approximate surface area is 297 Å². The number of nitrogens with one attached hydrogen (secondary N) is 1. The van der Waals surface area contributed by atoms with E-state index in [1.807, 2.05) is 71.8 Å². The van der Waals surface area contributed by atoms with Crippen LogP contribution < -0.4 is 11.1 Å². The lowest BCUT2D eigenvalue weighted by Gasteiger charge is -2.47. The number of aromatic nitrogens is 1. The Morgan fingerprint density at radius 3 is 2.48 bits per heavy atom. The Kier molecular flexibility index (Phi) is 13.3. The molecule has 3 aliphatic heterocycles. The van der Waals surface area contributed by atoms with Crippen molar-refractivity contribution < 1.29 is 43.5 Å². The summed E-state index contributed by atoms with van der Waals surface area (Å²) in [4.78, 5) is 33.7. The number of pyridine rings is 1. The minimum absolute atomic E-state index is 0.105. The van der Waals surface area contributed by atoms with Gasteiger partial charge in [-0.2, -0.15) is 0 Å². The molecule has 3 aliphatic rings. The molecular weight excluding hydrogens is 644 g/mol. The van der Waals surface area contributed by atoms with Gasteiger partial charge in [0.05, 0.1) is 29.8 Å². The molecule has 2 bridgehead atoms. The Hall–Kier alpha value is -2.39. The van der Waals surface area contributed by atoms with Gasteiger partial charge in [0.25, 0.3) is 0 Å². The molecule has 3 saturated heterocycles. The first kappa shape index (κ1) is 40.4. The van der Waals surface area contributed by atoms with Crippen LogP contribution in [0.25, 0.3) is 0 Å². The largest absolute Gasteiger partial charge is 0.459 e. The number of aliphatic hydroxyl groups is 2. The lowest BCUT2D eigenvalue weighted by Crippen LogP contribution is -2.59. The number of carbonyl (C=O) groups is 2. The van der Waals surface area contributed by atoms with Crippen LogP contribution in [0.5, 0.6) is 0 Å². The SMILES string of the molecule is CC[C@H]1OC(=O)[C@H](C)[C@@H](OC(=O)NCCc2ccccn2)[C@H](C)[C@@H](OC2O[C@H](C)C[C@H](N(C)C)[C@H]2O)[C@](C)(O)C[C@@H](C)[C@@H]2OC1(C)[C@@H](N)[C@H]2C. The van der Waals surface area contributed by atoms with Crippen molar-refractivity contribution in [1.29, 1.82) is 0 Å². The second kappa shape index (κ2) is 16.5. The molecule has 0 aromatic carbocycles. The summed E-state index contributed by atoms with van der Waals surface area (Å²) in [5, 5.41) is 26.7. The molecule has 1 aromatic heterocycles. The minimum atomic E-state index is -1.57. The molecule has 3 fully saturated rings. The number of amides is 1. The average molecular weight is 707 g/mol. The van der Waals surface area contributed by atoms with Crippen molar-refractivity contribution in [1.82, 2.24) is 15.2 Å². The molecule has 0 aliphatic carbocycles. The Balaban J connectivity index is 1.72.